The zero-order valence-electron chi connectivity index (χ0n) is 76.9. The van der Waals surface area contributed by atoms with Crippen molar-refractivity contribution < 1.29 is 97.4 Å². The van der Waals surface area contributed by atoms with Crippen molar-refractivity contribution in [2.75, 3.05) is 0 Å². The van der Waals surface area contributed by atoms with E-state index in [-0.39, 0.29) is 102 Å². The van der Waals surface area contributed by atoms with Crippen molar-refractivity contribution in [1.82, 2.24) is 118 Å². The summed E-state index contributed by atoms with van der Waals surface area (Å²) in [7, 11) is 0. The van der Waals surface area contributed by atoms with Crippen molar-refractivity contribution in [3.63, 3.8) is 0 Å². The van der Waals surface area contributed by atoms with Crippen molar-refractivity contribution in [3.05, 3.63) is 497 Å². The van der Waals surface area contributed by atoms with Gasteiger partial charge in [0.15, 0.2) is 0 Å². The van der Waals surface area contributed by atoms with Crippen LogP contribution in [0.5, 0.6) is 0 Å². The van der Waals surface area contributed by atoms with E-state index in [9.17, 15) is 18.4 Å². The van der Waals surface area contributed by atoms with Crippen molar-refractivity contribution in [3.8, 4) is 75.1 Å². The average Bonchev–Trinajstić information content (AvgIpc) is 1.37. The van der Waals surface area contributed by atoms with E-state index >= 15 is 0 Å². The molecule has 0 saturated heterocycles. The largest absolute Gasteiger partial charge is 2.00 e. The van der Waals surface area contributed by atoms with Crippen molar-refractivity contribution in [2.24, 2.45) is 0 Å². The quantitative estimate of drug-likeness (QED) is 0.0605. The zero-order chi connectivity index (χ0) is 95.6. The van der Waals surface area contributed by atoms with Crippen molar-refractivity contribution >= 4 is 5.82 Å². The topological polar surface area (TPSA) is 274 Å². The molecule has 0 aliphatic heterocycles. The van der Waals surface area contributed by atoms with Crippen molar-refractivity contribution in [2.45, 2.75) is 83.2 Å². The maximum absolute atomic E-state index is 12.9. The molecule has 16 aromatic heterocycles. The number of benzene rings is 5. The molecule has 0 N–H and O–H groups in total. The van der Waals surface area contributed by atoms with Gasteiger partial charge >= 0.3 is 96.3 Å². The van der Waals surface area contributed by atoms with Crippen LogP contribution in [-0.2, 0) is 112 Å². The number of alkyl halides is 3. The van der Waals surface area contributed by atoms with Crippen LogP contribution in [-0.4, -0.2) is 118 Å². The smallest absolute Gasteiger partial charge is 0.343 e. The fraction of sp³-hybridized carbons (Fsp3) is 0.119. The molecule has 0 bridgehead atoms. The van der Waals surface area contributed by atoms with E-state index in [1.54, 1.807) is 47.7 Å². The number of pyridine rings is 8. The van der Waals surface area contributed by atoms with E-state index in [2.05, 4.69) is 147 Å². The summed E-state index contributed by atoms with van der Waals surface area (Å²) in [6.07, 6.45) is 19.5. The molecule has 708 valence electrons. The van der Waals surface area contributed by atoms with Gasteiger partial charge in [-0.2, -0.15) is 13.2 Å². The number of halogens is 3. The Morgan fingerprint density at radius 1 is 0.275 bits per heavy atom. The van der Waals surface area contributed by atoms with Gasteiger partial charge in [0.05, 0.1) is 69.4 Å². The van der Waals surface area contributed by atoms with Crippen LogP contribution >= 0.6 is 0 Å². The third kappa shape index (κ3) is 22.2. The summed E-state index contributed by atoms with van der Waals surface area (Å²) in [6.45, 7) is 23.3. The molecule has 0 aliphatic carbocycles. The van der Waals surface area contributed by atoms with Crippen LogP contribution in [0.1, 0.15) is 125 Å². The summed E-state index contributed by atoms with van der Waals surface area (Å²) in [5, 5.41) is 44.1. The van der Waals surface area contributed by atoms with Gasteiger partial charge in [-0.05, 0) is 146 Å². The standard InChI is InChI=1S/C31H18N8.C31H24N6.C26H22N6.C21H17F3N6.4Pt/c1-33-28-19-21-39(37-28)30-17-9-15-27(35-30)31(23-10-4-2-5-11-23,24-12-6-3-7-13-24)26-14-8-16-29(34-26)38-20-18-25(22-32)36-38;1-31(2,27-15-9-17-29(32-27)36-21-19-25(34-36)23-11-5-3-6-12-23)28-16-10-18-30(33-28)37-22-20-26(35-37)24-13-7-4-8-14-24;1-19-15-17-31(29-19)24-13-7-11-22(27-24)26(3,21-9-5-4-6-10-21)23-12-8-14-25(28-23)32-18-16-20(2)30-32;1-14-10-12-29(27-14)18-8-4-6-15(25-18)20(2,3)16-7-5-9-19(26-16)30-13-11-17(28-30)21(22,23)24;;;;/h2-19H;3-20H,1-2H3;4-16H,1-3H3;4-11H,1-3H3;;;;/q4*-2;4*+2. The molecule has 16 heterocycles. The average molecular weight is 2590 g/mol. The molecular weight excluding hydrogens is 2510 g/mol. The summed E-state index contributed by atoms with van der Waals surface area (Å²) >= 11 is 0. The molecule has 33 heteroatoms. The fourth-order valence-electron chi connectivity index (χ4n) is 15.7. The molecule has 5 aromatic carbocycles. The number of hydrogen-bond donors (Lipinski definition) is 0. The van der Waals surface area contributed by atoms with Crippen LogP contribution in [0.4, 0.5) is 19.0 Å². The molecule has 0 spiro atoms. The molecule has 142 heavy (non-hydrogen) atoms. The van der Waals surface area contributed by atoms with Crippen LogP contribution in [0.3, 0.4) is 0 Å². The maximum Gasteiger partial charge on any atom is 2.00 e. The number of rotatable bonds is 21. The van der Waals surface area contributed by atoms with E-state index < -0.39 is 33.5 Å². The Kier molecular flexibility index (Phi) is 32.3. The Morgan fingerprint density at radius 2 is 0.542 bits per heavy atom. The van der Waals surface area contributed by atoms with E-state index in [4.69, 9.17) is 51.7 Å². The van der Waals surface area contributed by atoms with E-state index in [0.29, 0.717) is 57.8 Å². The minimum absolute atomic E-state index is 0. The molecule has 0 aliphatic rings. The molecule has 0 atom stereocenters. The Morgan fingerprint density at radius 3 is 0.852 bits per heavy atom. The monoisotopic (exact) mass is 2590 g/mol. The van der Waals surface area contributed by atoms with Gasteiger partial charge in [-0.3, -0.25) is 70.5 Å². The van der Waals surface area contributed by atoms with Crippen LogP contribution in [0.15, 0.2) is 346 Å². The predicted molar refractivity (Wildman–Crippen MR) is 511 cm³/mol. The van der Waals surface area contributed by atoms with Gasteiger partial charge in [0.2, 0.25) is 0 Å². The summed E-state index contributed by atoms with van der Waals surface area (Å²) in [5.41, 5.74) is 12.3. The molecule has 0 unspecified atom stereocenters. The second kappa shape index (κ2) is 44.7. The summed E-state index contributed by atoms with van der Waals surface area (Å²) < 4.78 is 50.8. The Bertz CT molecular complexity index is 7570. The summed E-state index contributed by atoms with van der Waals surface area (Å²) in [6, 6.07) is 112. The number of aromatic nitrogens is 24. The molecular formula is C109H81F3N26Pt4. The molecule has 0 amide bonds. The summed E-state index contributed by atoms with van der Waals surface area (Å²) in [5.74, 6) is 4.96. The van der Waals surface area contributed by atoms with Crippen LogP contribution < -0.4 is 0 Å². The predicted octanol–water partition coefficient (Wildman–Crippen LogP) is 19.9. The molecule has 26 nitrogen and oxygen atoms in total. The molecule has 0 saturated carbocycles. The first kappa shape index (κ1) is 102. The molecule has 0 fully saturated rings. The molecule has 21 rings (SSSR count). The van der Waals surface area contributed by atoms with Crippen LogP contribution in [0.25, 0.3) is 73.9 Å². The van der Waals surface area contributed by atoms with Gasteiger partial charge in [-0.15, -0.1) is 42.5 Å². The van der Waals surface area contributed by atoms with Gasteiger partial charge in [0.1, 0.15) is 5.41 Å². The first-order chi connectivity index (χ1) is 67.0. The SMILES string of the molecule is CC(C)(c1cccc(-n2[c-]cc(-c3ccccc3)n2)n1)c1cccc(-n2[c-]cc(-c3ccccc3)n2)n1.Cc1c[c-]n(-c2cccc(C(C)(C)c3cccc(-n4[c-]cc(C(F)(F)F)n4)n3)n2)n1.Cc1c[c-]n(-c2cccc(C(C)(c3ccccc3)c3cccc(-n4[c-]cc(C)n4)n3)n2)n1.[C-]#[N+]c1c[c-]n(-c2cccc(C(c3ccccc3)(c3ccccc3)c3cccc(-n4[c-]cc(C#N)n4)n3)n2)n1.[Pt+2].[Pt+2].[Pt+2].[Pt+2]. The second-order valence-electron chi connectivity index (χ2n) is 33.0. The van der Waals surface area contributed by atoms with Gasteiger partial charge in [-0.1, -0.05) is 331 Å². The Balaban J connectivity index is 0.000000150. The number of aryl methyl sites for hydroxylation is 3. The number of nitrogens with zero attached hydrogens (tertiary/aromatic N) is 26. The zero-order valence-corrected chi connectivity index (χ0v) is 86.0. The summed E-state index contributed by atoms with van der Waals surface area (Å²) in [4.78, 5) is 42.6. The third-order valence-corrected chi connectivity index (χ3v) is 23.0. The van der Waals surface area contributed by atoms with Crippen LogP contribution in [0, 0.1) is 88.2 Å². The molecule has 21 aromatic rings. The van der Waals surface area contributed by atoms with Gasteiger partial charge in [0.25, 0.3) is 0 Å². The van der Waals surface area contributed by atoms with E-state index in [1.165, 1.54) is 21.5 Å². The first-order valence-electron chi connectivity index (χ1n) is 43.7. The normalized spacial score (nSPS) is 11.2. The van der Waals surface area contributed by atoms with Gasteiger partial charge < -0.3 is 37.6 Å². The fourth-order valence-corrected chi connectivity index (χ4v) is 15.7. The minimum Gasteiger partial charge on any atom is -0.343 e. The van der Waals surface area contributed by atoms with E-state index in [0.717, 1.165) is 95.5 Å². The van der Waals surface area contributed by atoms with E-state index in [1.807, 2.05) is 308 Å². The number of nitriles is 1. The van der Waals surface area contributed by atoms with Gasteiger partial charge in [0, 0.05) is 56.4 Å². The Hall–Kier alpha value is -15.5. The van der Waals surface area contributed by atoms with Gasteiger partial charge in [-0.25, -0.2) is 15.0 Å². The second-order valence-corrected chi connectivity index (χ2v) is 33.0. The minimum atomic E-state index is -4.54. The maximum atomic E-state index is 12.9. The third-order valence-electron chi connectivity index (χ3n) is 23.0. The molecule has 0 radical (unpaired) electrons. The van der Waals surface area contributed by atoms with Crippen LogP contribution in [0.2, 0.25) is 0 Å². The number of hydrogen-bond acceptors (Lipinski definition) is 17. The van der Waals surface area contributed by atoms with Crippen molar-refractivity contribution in [1.29, 1.82) is 5.26 Å². The first-order valence-corrected chi connectivity index (χ1v) is 43.7. The Labute approximate surface area is 875 Å².